The first-order valence-electron chi connectivity index (χ1n) is 9.24. The van der Waals surface area contributed by atoms with Gasteiger partial charge >= 0.3 is 166 Å². The normalized spacial score (nSPS) is 12.2. The summed E-state index contributed by atoms with van der Waals surface area (Å²) in [6.45, 7) is 1.99. The van der Waals surface area contributed by atoms with Crippen molar-refractivity contribution in [1.29, 1.82) is 0 Å². The first-order valence-corrected chi connectivity index (χ1v) is 10.1. The van der Waals surface area contributed by atoms with Gasteiger partial charge in [-0.1, -0.05) is 0 Å². The van der Waals surface area contributed by atoms with Crippen LogP contribution in [0.25, 0.3) is 11.1 Å². The minimum atomic E-state index is -0.181. The van der Waals surface area contributed by atoms with E-state index in [2.05, 4.69) is 38.5 Å². The predicted octanol–water partition coefficient (Wildman–Crippen LogP) is 5.13. The molecule has 1 amide bonds. The molecule has 1 aliphatic rings. The van der Waals surface area contributed by atoms with E-state index in [-0.39, 0.29) is 23.0 Å². The molecule has 3 aromatic rings. The minimum Gasteiger partial charge on any atom is -0.231 e. The number of hydrogen-bond donors (Lipinski definition) is 1. The fourth-order valence-corrected chi connectivity index (χ4v) is 3.08. The Morgan fingerprint density at radius 2 is 1.87 bits per heavy atom. The summed E-state index contributed by atoms with van der Waals surface area (Å²) < 4.78 is 0.445. The fourth-order valence-electron chi connectivity index (χ4n) is 2.66. The van der Waals surface area contributed by atoms with Gasteiger partial charge in [0.25, 0.3) is 0 Å². The van der Waals surface area contributed by atoms with Crippen molar-refractivity contribution in [2.24, 2.45) is 4.99 Å². The predicted molar refractivity (Wildman–Crippen MR) is 121 cm³/mol. The van der Waals surface area contributed by atoms with E-state index >= 15 is 0 Å². The second kappa shape index (κ2) is 12.3. The van der Waals surface area contributed by atoms with E-state index in [0.29, 0.717) is 10.3 Å². The van der Waals surface area contributed by atoms with Gasteiger partial charge in [-0.2, -0.15) is 0 Å². The quantitative estimate of drug-likeness (QED) is 0.230. The van der Waals surface area contributed by atoms with Crippen molar-refractivity contribution in [3.8, 4) is 11.1 Å². The Balaban J connectivity index is 0.000000468. The fraction of sp³-hybridized carbons (Fsp3) is 0.0400. The molecule has 0 fully saturated rings. The zero-order valence-corrected chi connectivity index (χ0v) is 19.2. The number of amidine groups is 1. The van der Waals surface area contributed by atoms with Crippen LogP contribution in [0.5, 0.6) is 0 Å². The maximum Gasteiger partial charge on any atom is 2.00 e. The third-order valence-corrected chi connectivity index (χ3v) is 4.57. The number of nitrogens with one attached hydrogen (secondary N) is 1. The average molecular weight is 500 g/mol. The Labute approximate surface area is 197 Å². The van der Waals surface area contributed by atoms with Crippen molar-refractivity contribution in [3.05, 3.63) is 115 Å². The van der Waals surface area contributed by atoms with Crippen LogP contribution in [0.1, 0.15) is 15.9 Å². The molecule has 0 heterocycles. The summed E-state index contributed by atoms with van der Waals surface area (Å²) in [5.41, 5.74) is 4.75. The first-order chi connectivity index (χ1) is 14.1. The summed E-state index contributed by atoms with van der Waals surface area (Å²) in [4.78, 5) is 16.6. The molecule has 0 aliphatic heterocycles. The molecule has 4 rings (SSSR count). The van der Waals surface area contributed by atoms with E-state index < -0.39 is 0 Å². The molecule has 30 heavy (non-hydrogen) atoms. The monoisotopic (exact) mass is 501 g/mol. The molecular formula is C25H21FeN2OSe. The van der Waals surface area contributed by atoms with Gasteiger partial charge in [-0.3, -0.25) is 0 Å². The standard InChI is InChI=1S/C20H16N2OSe.C5H5.Fe/c1-14-9-11-16(12-10-14)19(23)22-20(24)21-18-8-4-7-17(13-18)15-5-2-3-6-15;1-2-4-5-3-1;/h2-13H,1H3,(H,21,22,23);1-5H;/q2*-1;+2. The minimum absolute atomic E-state index is 0. The van der Waals surface area contributed by atoms with Gasteiger partial charge in [-0.25, -0.2) is 18.6 Å². The van der Waals surface area contributed by atoms with Crippen molar-refractivity contribution in [2.45, 2.75) is 6.92 Å². The van der Waals surface area contributed by atoms with Gasteiger partial charge in [0.2, 0.25) is 0 Å². The summed E-state index contributed by atoms with van der Waals surface area (Å²) in [5.74, 6) is -0.181. The average Bonchev–Trinajstić information content (AvgIpc) is 3.45. The molecule has 3 nitrogen and oxygen atoms in total. The van der Waals surface area contributed by atoms with Gasteiger partial charge in [0, 0.05) is 0 Å². The third-order valence-electron chi connectivity index (χ3n) is 4.16. The van der Waals surface area contributed by atoms with E-state index in [1.807, 2.05) is 86.9 Å². The molecule has 1 N–H and O–H groups in total. The molecule has 0 atom stereocenters. The molecule has 1 aliphatic carbocycles. The van der Waals surface area contributed by atoms with E-state index in [0.717, 1.165) is 22.4 Å². The van der Waals surface area contributed by atoms with E-state index in [1.165, 1.54) is 0 Å². The molecule has 0 bridgehead atoms. The summed E-state index contributed by atoms with van der Waals surface area (Å²) in [6.07, 6.45) is 10.0. The number of aliphatic imine (C=N–C) groups is 1. The topological polar surface area (TPSA) is 41.5 Å². The van der Waals surface area contributed by atoms with Crippen molar-refractivity contribution in [3.63, 3.8) is 0 Å². The number of nitrogens with zero attached hydrogens (tertiary/aromatic N) is 1. The smallest absolute Gasteiger partial charge is 0.231 e. The van der Waals surface area contributed by atoms with Crippen molar-refractivity contribution < 1.29 is 21.9 Å². The molecule has 0 unspecified atom stereocenters. The molecule has 5 heteroatoms. The van der Waals surface area contributed by atoms with Crippen LogP contribution in [0.15, 0.2) is 89.9 Å². The number of amides is 1. The van der Waals surface area contributed by atoms with Crippen LogP contribution < -0.4 is 5.32 Å². The zero-order chi connectivity index (χ0) is 20.5. The maximum absolute atomic E-state index is 12.2. The van der Waals surface area contributed by atoms with Crippen molar-refractivity contribution in [1.82, 2.24) is 5.32 Å². The second-order valence-electron chi connectivity index (χ2n) is 6.42. The van der Waals surface area contributed by atoms with Gasteiger partial charge in [-0.05, 0) is 0 Å². The number of hydrogen-bond acceptors (Lipinski definition) is 2. The molecule has 3 radical (unpaired) electrons. The maximum atomic E-state index is 12.2. The zero-order valence-electron chi connectivity index (χ0n) is 16.4. The van der Waals surface area contributed by atoms with Crippen LogP contribution in [0.3, 0.4) is 0 Å². The van der Waals surface area contributed by atoms with Gasteiger partial charge in [-0.15, -0.1) is 12.8 Å². The van der Waals surface area contributed by atoms with Crippen LogP contribution in [0.4, 0.5) is 5.69 Å². The van der Waals surface area contributed by atoms with Crippen LogP contribution in [0.2, 0.25) is 0 Å². The van der Waals surface area contributed by atoms with Crippen molar-refractivity contribution in [2.75, 3.05) is 0 Å². The Morgan fingerprint density at radius 3 is 2.47 bits per heavy atom. The number of allylic oxidation sites excluding steroid dienone is 2. The molecule has 0 saturated heterocycles. The Hall–Kier alpha value is -2.42. The number of rotatable bonds is 3. The van der Waals surface area contributed by atoms with Crippen LogP contribution in [-0.4, -0.2) is 26.7 Å². The summed E-state index contributed by atoms with van der Waals surface area (Å²) in [5, 5.41) is 2.77. The van der Waals surface area contributed by atoms with Crippen molar-refractivity contribution >= 4 is 32.3 Å². The van der Waals surface area contributed by atoms with Gasteiger partial charge < -0.3 is 0 Å². The third kappa shape index (κ3) is 7.44. The summed E-state index contributed by atoms with van der Waals surface area (Å²) >= 11 is 2.81. The Morgan fingerprint density at radius 1 is 1.07 bits per heavy atom. The molecule has 3 aromatic carbocycles. The largest absolute Gasteiger partial charge is 2.00 e. The molecule has 0 aromatic heterocycles. The van der Waals surface area contributed by atoms with E-state index in [4.69, 9.17) is 0 Å². The SMILES string of the molecule is Cc1ccc(C(=O)NC([Se])=Nc2cccc(-c3ccc[cH-]3)c2)cc1.[CH]1[CH][CH-]C=C1.[Fe+2]. The number of aryl methyl sites for hydroxylation is 1. The van der Waals surface area contributed by atoms with E-state index in [1.54, 1.807) is 12.1 Å². The van der Waals surface area contributed by atoms with Crippen LogP contribution in [0, 0.1) is 26.2 Å². The molecule has 0 spiro atoms. The number of carbonyl (C=O) groups excluding carboxylic acids is 1. The summed E-state index contributed by atoms with van der Waals surface area (Å²) in [6, 6.07) is 23.4. The molecular weight excluding hydrogens is 479 g/mol. The second-order valence-corrected chi connectivity index (χ2v) is 7.23. The Bertz CT molecular complexity index is 986. The first kappa shape index (κ1) is 23.9. The van der Waals surface area contributed by atoms with Gasteiger partial charge in [0.15, 0.2) is 0 Å². The van der Waals surface area contributed by atoms with E-state index in [9.17, 15) is 4.79 Å². The number of benzene rings is 2. The number of carbonyl (C=O) groups is 1. The van der Waals surface area contributed by atoms with Gasteiger partial charge in [0.1, 0.15) is 0 Å². The van der Waals surface area contributed by atoms with Crippen LogP contribution >= 0.6 is 0 Å². The summed E-state index contributed by atoms with van der Waals surface area (Å²) in [7, 11) is 0. The van der Waals surface area contributed by atoms with Gasteiger partial charge in [0.05, 0.1) is 0 Å². The Kier molecular flexibility index (Phi) is 9.79. The van der Waals surface area contributed by atoms with Crippen LogP contribution in [-0.2, 0) is 17.1 Å². The molecule has 151 valence electrons. The molecule has 0 saturated carbocycles.